The molecule has 0 spiro atoms. The van der Waals surface area contributed by atoms with Crippen LogP contribution in [0, 0.1) is 13.8 Å². The highest BCUT2D eigenvalue weighted by atomic mass is 16.2. The zero-order valence-electron chi connectivity index (χ0n) is 15.4. The lowest BCUT2D eigenvalue weighted by Crippen LogP contribution is -2.15. The molecule has 3 rings (SSSR count). The fourth-order valence-electron chi connectivity index (χ4n) is 2.48. The average molecular weight is 360 g/mol. The van der Waals surface area contributed by atoms with E-state index in [1.165, 1.54) is 13.1 Å². The van der Waals surface area contributed by atoms with Gasteiger partial charge in [0.2, 0.25) is 5.95 Å². The van der Waals surface area contributed by atoms with E-state index in [4.69, 9.17) is 0 Å². The first-order chi connectivity index (χ1) is 12.9. The van der Waals surface area contributed by atoms with Gasteiger partial charge in [-0.15, -0.1) is 0 Å². The molecule has 2 aromatic carbocycles. The molecule has 0 atom stereocenters. The van der Waals surface area contributed by atoms with Gasteiger partial charge in [0, 0.05) is 23.1 Å². The van der Waals surface area contributed by atoms with Gasteiger partial charge in [-0.3, -0.25) is 9.59 Å². The van der Waals surface area contributed by atoms with E-state index in [2.05, 4.69) is 20.6 Å². The zero-order valence-corrected chi connectivity index (χ0v) is 15.4. The van der Waals surface area contributed by atoms with E-state index >= 15 is 0 Å². The van der Waals surface area contributed by atoms with Crippen LogP contribution in [0.15, 0.2) is 54.7 Å². The van der Waals surface area contributed by atoms with E-state index in [1.54, 1.807) is 30.3 Å². The van der Waals surface area contributed by atoms with Crippen molar-refractivity contribution in [3.05, 3.63) is 77.1 Å². The van der Waals surface area contributed by atoms with Gasteiger partial charge < -0.3 is 10.6 Å². The molecular formula is C21H20N4O2. The monoisotopic (exact) mass is 360 g/mol. The number of ketones is 1. The standard InChI is InChI=1S/C21H20N4O2/c1-13-4-7-18(12-14(13)2)23-20(27)19-10-11-22-21(25-19)24-17-8-5-16(6-9-17)15(3)26/h4-12H,1-3H3,(H,23,27)(H,22,24,25). The maximum Gasteiger partial charge on any atom is 0.274 e. The van der Waals surface area contributed by atoms with Crippen molar-refractivity contribution in [2.75, 3.05) is 10.6 Å². The Kier molecular flexibility index (Phi) is 5.26. The van der Waals surface area contributed by atoms with Crippen LogP contribution in [0.3, 0.4) is 0 Å². The minimum absolute atomic E-state index is 0.00260. The van der Waals surface area contributed by atoms with Crippen molar-refractivity contribution in [2.45, 2.75) is 20.8 Å². The Hall–Kier alpha value is -3.54. The molecule has 136 valence electrons. The number of nitrogens with zero attached hydrogens (tertiary/aromatic N) is 2. The number of aromatic nitrogens is 2. The summed E-state index contributed by atoms with van der Waals surface area (Å²) in [5, 5.41) is 5.88. The third-order valence-corrected chi connectivity index (χ3v) is 4.20. The summed E-state index contributed by atoms with van der Waals surface area (Å²) in [6, 6.07) is 14.3. The second-order valence-corrected chi connectivity index (χ2v) is 6.28. The van der Waals surface area contributed by atoms with Gasteiger partial charge in [0.25, 0.3) is 5.91 Å². The summed E-state index contributed by atoms with van der Waals surface area (Å²) in [4.78, 5) is 32.2. The predicted octanol–water partition coefficient (Wildman–Crippen LogP) is 4.29. The van der Waals surface area contributed by atoms with E-state index in [0.29, 0.717) is 11.5 Å². The molecular weight excluding hydrogens is 340 g/mol. The van der Waals surface area contributed by atoms with Crippen LogP contribution < -0.4 is 10.6 Å². The van der Waals surface area contributed by atoms with Crippen LogP contribution in [0.4, 0.5) is 17.3 Å². The van der Waals surface area contributed by atoms with Gasteiger partial charge in [0.1, 0.15) is 5.69 Å². The van der Waals surface area contributed by atoms with Crippen LogP contribution in [0.5, 0.6) is 0 Å². The molecule has 1 amide bonds. The Morgan fingerprint density at radius 1 is 0.889 bits per heavy atom. The number of hydrogen-bond donors (Lipinski definition) is 2. The van der Waals surface area contributed by atoms with Gasteiger partial charge in [-0.1, -0.05) is 6.07 Å². The number of anilines is 3. The topological polar surface area (TPSA) is 84.0 Å². The normalized spacial score (nSPS) is 10.3. The van der Waals surface area contributed by atoms with E-state index < -0.39 is 0 Å². The minimum Gasteiger partial charge on any atom is -0.324 e. The van der Waals surface area contributed by atoms with Crippen molar-refractivity contribution in [1.82, 2.24) is 9.97 Å². The molecule has 27 heavy (non-hydrogen) atoms. The second kappa shape index (κ2) is 7.78. The number of hydrogen-bond acceptors (Lipinski definition) is 5. The predicted molar refractivity (Wildman–Crippen MR) is 106 cm³/mol. The highest BCUT2D eigenvalue weighted by Crippen LogP contribution is 2.17. The SMILES string of the molecule is CC(=O)c1ccc(Nc2nccc(C(=O)Nc3ccc(C)c(C)c3)n2)cc1. The number of Topliss-reactive ketones (excluding diaryl/α,β-unsaturated/α-hetero) is 1. The van der Waals surface area contributed by atoms with Crippen molar-refractivity contribution < 1.29 is 9.59 Å². The molecule has 0 bridgehead atoms. The van der Waals surface area contributed by atoms with Gasteiger partial charge in [-0.25, -0.2) is 9.97 Å². The molecule has 0 saturated carbocycles. The second-order valence-electron chi connectivity index (χ2n) is 6.28. The number of benzene rings is 2. The van der Waals surface area contributed by atoms with Crippen LogP contribution >= 0.6 is 0 Å². The summed E-state index contributed by atoms with van der Waals surface area (Å²) in [7, 11) is 0. The lowest BCUT2D eigenvalue weighted by molar-refractivity contribution is 0.101. The number of amides is 1. The molecule has 0 radical (unpaired) electrons. The number of carbonyl (C=O) groups is 2. The van der Waals surface area contributed by atoms with E-state index in [1.807, 2.05) is 32.0 Å². The van der Waals surface area contributed by atoms with Crippen molar-refractivity contribution in [2.24, 2.45) is 0 Å². The molecule has 2 N–H and O–H groups in total. The third kappa shape index (κ3) is 4.55. The minimum atomic E-state index is -0.310. The van der Waals surface area contributed by atoms with E-state index in [-0.39, 0.29) is 17.4 Å². The lowest BCUT2D eigenvalue weighted by Gasteiger charge is -2.09. The van der Waals surface area contributed by atoms with Crippen LogP contribution in [0.1, 0.15) is 38.9 Å². The zero-order chi connectivity index (χ0) is 19.4. The van der Waals surface area contributed by atoms with Crippen LogP contribution in [0.2, 0.25) is 0 Å². The first-order valence-corrected chi connectivity index (χ1v) is 8.52. The van der Waals surface area contributed by atoms with Gasteiger partial charge >= 0.3 is 0 Å². The Morgan fingerprint density at radius 3 is 2.26 bits per heavy atom. The Labute approximate surface area is 157 Å². The number of aryl methyl sites for hydroxylation is 2. The first kappa shape index (κ1) is 18.3. The molecule has 6 heteroatoms. The Bertz CT molecular complexity index is 997. The Morgan fingerprint density at radius 2 is 1.59 bits per heavy atom. The Balaban J connectivity index is 1.73. The van der Waals surface area contributed by atoms with Crippen LogP contribution in [-0.2, 0) is 0 Å². The fourth-order valence-corrected chi connectivity index (χ4v) is 2.48. The largest absolute Gasteiger partial charge is 0.324 e. The van der Waals surface area contributed by atoms with Gasteiger partial charge in [-0.05, 0) is 74.4 Å². The summed E-state index contributed by atoms with van der Waals surface area (Å²) < 4.78 is 0. The fraction of sp³-hybridized carbons (Fsp3) is 0.143. The van der Waals surface area contributed by atoms with Crippen LogP contribution in [-0.4, -0.2) is 21.7 Å². The number of nitrogens with one attached hydrogen (secondary N) is 2. The molecule has 0 saturated heterocycles. The maximum absolute atomic E-state index is 12.5. The quantitative estimate of drug-likeness (QED) is 0.663. The molecule has 0 aliphatic rings. The highest BCUT2D eigenvalue weighted by molar-refractivity contribution is 6.03. The summed E-state index contributed by atoms with van der Waals surface area (Å²) in [6.07, 6.45) is 1.52. The maximum atomic E-state index is 12.5. The molecule has 0 aliphatic heterocycles. The molecule has 0 fully saturated rings. The molecule has 0 unspecified atom stereocenters. The van der Waals surface area contributed by atoms with E-state index in [9.17, 15) is 9.59 Å². The summed E-state index contributed by atoms with van der Waals surface area (Å²) in [5.74, 6) is -0.00301. The van der Waals surface area contributed by atoms with Gasteiger partial charge in [0.15, 0.2) is 5.78 Å². The number of carbonyl (C=O) groups excluding carboxylic acids is 2. The third-order valence-electron chi connectivity index (χ3n) is 4.20. The lowest BCUT2D eigenvalue weighted by atomic mass is 10.1. The van der Waals surface area contributed by atoms with Crippen molar-refractivity contribution in [1.29, 1.82) is 0 Å². The molecule has 0 aliphatic carbocycles. The molecule has 1 aromatic heterocycles. The summed E-state index contributed by atoms with van der Waals surface area (Å²) >= 11 is 0. The molecule has 3 aromatic rings. The smallest absolute Gasteiger partial charge is 0.274 e. The number of rotatable bonds is 5. The average Bonchev–Trinajstić information content (AvgIpc) is 2.65. The van der Waals surface area contributed by atoms with Crippen molar-refractivity contribution in [3.8, 4) is 0 Å². The van der Waals surface area contributed by atoms with Gasteiger partial charge in [-0.2, -0.15) is 0 Å². The summed E-state index contributed by atoms with van der Waals surface area (Å²) in [5.41, 5.74) is 4.60. The highest BCUT2D eigenvalue weighted by Gasteiger charge is 2.10. The molecule has 1 heterocycles. The van der Waals surface area contributed by atoms with E-state index in [0.717, 1.165) is 22.5 Å². The van der Waals surface area contributed by atoms with Crippen molar-refractivity contribution in [3.63, 3.8) is 0 Å². The summed E-state index contributed by atoms with van der Waals surface area (Å²) in [6.45, 7) is 5.53. The van der Waals surface area contributed by atoms with Crippen molar-refractivity contribution >= 4 is 29.0 Å². The van der Waals surface area contributed by atoms with Gasteiger partial charge in [0.05, 0.1) is 0 Å². The molecule has 6 nitrogen and oxygen atoms in total. The van der Waals surface area contributed by atoms with Crippen LogP contribution in [0.25, 0.3) is 0 Å². The first-order valence-electron chi connectivity index (χ1n) is 8.52.